The molecule has 0 N–H and O–H groups in total. The molecule has 0 aliphatic carbocycles. The molecule has 0 amide bonds. The normalized spacial score (nSPS) is 16.8. The highest BCUT2D eigenvalue weighted by Gasteiger charge is 2.34. The smallest absolute Gasteiger partial charge is 0.327 e. The number of alkyl halides is 1. The van der Waals surface area contributed by atoms with Crippen LogP contribution in [0.1, 0.15) is 80.1 Å². The molecule has 2 atom stereocenters. The largest absolute Gasteiger partial charge is 0.458 e. The Kier molecular flexibility index (Phi) is 8.03. The van der Waals surface area contributed by atoms with Crippen molar-refractivity contribution >= 4 is 17.6 Å². The molecule has 0 saturated heterocycles. The summed E-state index contributed by atoms with van der Waals surface area (Å²) in [6, 6.07) is 0. The van der Waals surface area contributed by atoms with Crippen molar-refractivity contribution in [2.45, 2.75) is 90.5 Å². The van der Waals surface area contributed by atoms with Gasteiger partial charge in [0, 0.05) is 0 Å². The minimum atomic E-state index is -0.898. The molecule has 0 aromatic heterocycles. The van der Waals surface area contributed by atoms with Gasteiger partial charge in [-0.2, -0.15) is 0 Å². The Balaban J connectivity index is 4.21. The van der Waals surface area contributed by atoms with Gasteiger partial charge >= 0.3 is 5.97 Å². The van der Waals surface area contributed by atoms with E-state index >= 15 is 0 Å². The summed E-state index contributed by atoms with van der Waals surface area (Å²) in [7, 11) is 0. The van der Waals surface area contributed by atoms with Gasteiger partial charge in [0.25, 0.3) is 0 Å². The first-order chi connectivity index (χ1) is 8.64. The summed E-state index contributed by atoms with van der Waals surface area (Å²) in [5, 5.41) is 0. The number of carbonyl (C=O) groups is 1. The standard InChI is InChI=1S/C16H31ClO2/c1-7-9-10-13(3)11-12-15(4,5)19-14(18)16(6,17)8-2/h13H,7-12H2,1-6H3. The lowest BCUT2D eigenvalue weighted by Crippen LogP contribution is -2.38. The van der Waals surface area contributed by atoms with E-state index in [4.69, 9.17) is 16.3 Å². The molecule has 0 heterocycles. The van der Waals surface area contributed by atoms with Crippen molar-refractivity contribution in [3.05, 3.63) is 0 Å². The predicted octanol–water partition coefficient (Wildman–Crippen LogP) is 5.32. The summed E-state index contributed by atoms with van der Waals surface area (Å²) in [6.07, 6.45) is 6.32. The van der Waals surface area contributed by atoms with Gasteiger partial charge in [0.15, 0.2) is 0 Å². The maximum absolute atomic E-state index is 12.0. The van der Waals surface area contributed by atoms with E-state index in [0.29, 0.717) is 12.3 Å². The number of unbranched alkanes of at least 4 members (excludes halogenated alkanes) is 1. The van der Waals surface area contributed by atoms with E-state index in [1.165, 1.54) is 19.3 Å². The van der Waals surface area contributed by atoms with E-state index in [9.17, 15) is 4.79 Å². The number of carbonyl (C=O) groups excluding carboxylic acids is 1. The van der Waals surface area contributed by atoms with Crippen LogP contribution in [0.5, 0.6) is 0 Å². The summed E-state index contributed by atoms with van der Waals surface area (Å²) in [5.74, 6) is 0.384. The van der Waals surface area contributed by atoms with E-state index in [0.717, 1.165) is 12.8 Å². The van der Waals surface area contributed by atoms with Crippen LogP contribution in [0.2, 0.25) is 0 Å². The van der Waals surface area contributed by atoms with Crippen molar-refractivity contribution < 1.29 is 9.53 Å². The minimum absolute atomic E-state index is 0.303. The van der Waals surface area contributed by atoms with Crippen molar-refractivity contribution in [1.29, 1.82) is 0 Å². The van der Waals surface area contributed by atoms with Crippen molar-refractivity contribution in [1.82, 2.24) is 0 Å². The average Bonchev–Trinajstić information content (AvgIpc) is 2.33. The van der Waals surface area contributed by atoms with Gasteiger partial charge in [-0.05, 0) is 46.0 Å². The minimum Gasteiger partial charge on any atom is -0.458 e. The molecule has 0 aromatic rings. The second-order valence-corrected chi connectivity index (χ2v) is 7.32. The number of ether oxygens (including phenoxy) is 1. The summed E-state index contributed by atoms with van der Waals surface area (Å²) in [5.41, 5.74) is -0.428. The maximum Gasteiger partial charge on any atom is 0.327 e. The molecule has 0 aromatic carbocycles. The molecule has 0 saturated carbocycles. The molecule has 0 aliphatic rings. The molecule has 0 radical (unpaired) electrons. The highest BCUT2D eigenvalue weighted by molar-refractivity contribution is 6.33. The Morgan fingerprint density at radius 3 is 2.26 bits per heavy atom. The van der Waals surface area contributed by atoms with Gasteiger partial charge in [-0.15, -0.1) is 11.6 Å². The fourth-order valence-corrected chi connectivity index (χ4v) is 1.88. The molecule has 0 fully saturated rings. The molecule has 0 rings (SSSR count). The lowest BCUT2D eigenvalue weighted by atomic mass is 9.92. The molecule has 19 heavy (non-hydrogen) atoms. The van der Waals surface area contributed by atoms with Crippen molar-refractivity contribution in [3.8, 4) is 0 Å². The quantitative estimate of drug-likeness (QED) is 0.424. The average molecular weight is 291 g/mol. The third-order valence-electron chi connectivity index (χ3n) is 3.75. The van der Waals surface area contributed by atoms with Gasteiger partial charge in [-0.25, -0.2) is 0 Å². The molecule has 0 aliphatic heterocycles. The van der Waals surface area contributed by atoms with Crippen molar-refractivity contribution in [2.24, 2.45) is 5.92 Å². The number of halogens is 1. The molecular weight excluding hydrogens is 260 g/mol. The zero-order chi connectivity index (χ0) is 15.1. The number of hydrogen-bond donors (Lipinski definition) is 0. The van der Waals surface area contributed by atoms with Gasteiger partial charge in [0.2, 0.25) is 0 Å². The topological polar surface area (TPSA) is 26.3 Å². The van der Waals surface area contributed by atoms with Gasteiger partial charge in [0.05, 0.1) is 0 Å². The Bertz CT molecular complexity index is 272. The lowest BCUT2D eigenvalue weighted by Gasteiger charge is -2.30. The van der Waals surface area contributed by atoms with Gasteiger partial charge in [-0.3, -0.25) is 4.79 Å². The van der Waals surface area contributed by atoms with Crippen LogP contribution in [0.3, 0.4) is 0 Å². The Labute approximate surface area is 124 Å². The first kappa shape index (κ1) is 18.8. The van der Waals surface area contributed by atoms with E-state index < -0.39 is 10.5 Å². The molecule has 0 spiro atoms. The monoisotopic (exact) mass is 290 g/mol. The lowest BCUT2D eigenvalue weighted by molar-refractivity contribution is -0.160. The summed E-state index contributed by atoms with van der Waals surface area (Å²) >= 11 is 6.13. The van der Waals surface area contributed by atoms with Crippen molar-refractivity contribution in [2.75, 3.05) is 0 Å². The number of hydrogen-bond acceptors (Lipinski definition) is 2. The zero-order valence-corrected chi connectivity index (χ0v) is 14.3. The molecular formula is C16H31ClO2. The molecule has 114 valence electrons. The third-order valence-corrected chi connectivity index (χ3v) is 4.17. The highest BCUT2D eigenvalue weighted by Crippen LogP contribution is 2.27. The maximum atomic E-state index is 12.0. The fourth-order valence-electron chi connectivity index (χ4n) is 1.84. The Morgan fingerprint density at radius 1 is 1.21 bits per heavy atom. The Hall–Kier alpha value is -0.240. The second-order valence-electron chi connectivity index (χ2n) is 6.49. The van der Waals surface area contributed by atoms with Gasteiger partial charge < -0.3 is 4.74 Å². The second kappa shape index (κ2) is 8.14. The van der Waals surface area contributed by atoms with Gasteiger partial charge in [0.1, 0.15) is 10.5 Å². The van der Waals surface area contributed by atoms with Crippen LogP contribution >= 0.6 is 11.6 Å². The zero-order valence-electron chi connectivity index (χ0n) is 13.5. The molecule has 2 nitrogen and oxygen atoms in total. The van der Waals surface area contributed by atoms with Crippen molar-refractivity contribution in [3.63, 3.8) is 0 Å². The van der Waals surface area contributed by atoms with Crippen LogP contribution in [-0.2, 0) is 9.53 Å². The van der Waals surface area contributed by atoms with E-state index in [-0.39, 0.29) is 5.97 Å². The third kappa shape index (κ3) is 7.81. The molecule has 0 bridgehead atoms. The first-order valence-corrected chi connectivity index (χ1v) is 7.94. The fraction of sp³-hybridized carbons (Fsp3) is 0.938. The molecule has 3 heteroatoms. The van der Waals surface area contributed by atoms with Crippen LogP contribution in [0.4, 0.5) is 0 Å². The SMILES string of the molecule is CCCCC(C)CCC(C)(C)OC(=O)C(C)(Cl)CC. The number of rotatable bonds is 9. The van der Waals surface area contributed by atoms with Crippen LogP contribution in [0, 0.1) is 5.92 Å². The van der Waals surface area contributed by atoms with E-state index in [1.54, 1.807) is 6.92 Å². The summed E-state index contributed by atoms with van der Waals surface area (Å²) in [6.45, 7) is 12.0. The highest BCUT2D eigenvalue weighted by atomic mass is 35.5. The van der Waals surface area contributed by atoms with Crippen LogP contribution < -0.4 is 0 Å². The van der Waals surface area contributed by atoms with Crippen LogP contribution in [0.25, 0.3) is 0 Å². The van der Waals surface area contributed by atoms with E-state index in [2.05, 4.69) is 13.8 Å². The summed E-state index contributed by atoms with van der Waals surface area (Å²) < 4.78 is 5.58. The predicted molar refractivity (Wildman–Crippen MR) is 82.6 cm³/mol. The van der Waals surface area contributed by atoms with Crippen LogP contribution in [0.15, 0.2) is 0 Å². The van der Waals surface area contributed by atoms with Crippen LogP contribution in [-0.4, -0.2) is 16.4 Å². The summed E-state index contributed by atoms with van der Waals surface area (Å²) in [4.78, 5) is 11.1. The van der Waals surface area contributed by atoms with E-state index in [1.807, 2.05) is 20.8 Å². The Morgan fingerprint density at radius 2 is 1.79 bits per heavy atom. The van der Waals surface area contributed by atoms with Gasteiger partial charge in [-0.1, -0.05) is 40.0 Å². The first-order valence-electron chi connectivity index (χ1n) is 7.57. The number of esters is 1. The molecule has 2 unspecified atom stereocenters.